The highest BCUT2D eigenvalue weighted by Gasteiger charge is 2.23. The van der Waals surface area contributed by atoms with E-state index in [1.165, 1.54) is 19.4 Å². The highest BCUT2D eigenvalue weighted by atomic mass is 16.3. The highest BCUT2D eigenvalue weighted by Crippen LogP contribution is 2.22. The van der Waals surface area contributed by atoms with Crippen molar-refractivity contribution in [2.24, 2.45) is 11.7 Å². The Morgan fingerprint density at radius 3 is 2.69 bits per heavy atom. The van der Waals surface area contributed by atoms with E-state index >= 15 is 0 Å². The number of hydrogen-bond acceptors (Lipinski definition) is 3. The third-order valence-corrected chi connectivity index (χ3v) is 3.80. The van der Waals surface area contributed by atoms with Gasteiger partial charge in [-0.3, -0.25) is 0 Å². The summed E-state index contributed by atoms with van der Waals surface area (Å²) in [6, 6.07) is 0.717. The van der Waals surface area contributed by atoms with Gasteiger partial charge in [0.05, 0.1) is 6.61 Å². The van der Waals surface area contributed by atoms with Gasteiger partial charge in [0.15, 0.2) is 0 Å². The molecular weight excluding hydrogens is 200 g/mol. The Labute approximate surface area is 100 Å². The van der Waals surface area contributed by atoms with Crippen LogP contribution in [-0.2, 0) is 0 Å². The minimum Gasteiger partial charge on any atom is -0.394 e. The van der Waals surface area contributed by atoms with Crippen molar-refractivity contribution in [3.63, 3.8) is 0 Å². The SMILES string of the molecule is CC1CCC(C)N(CCCC(C)(N)CO)C1. The predicted octanol–water partition coefficient (Wildman–Crippen LogP) is 1.60. The summed E-state index contributed by atoms with van der Waals surface area (Å²) in [5.41, 5.74) is 5.53. The van der Waals surface area contributed by atoms with E-state index in [1.807, 2.05) is 6.92 Å². The van der Waals surface area contributed by atoms with E-state index < -0.39 is 5.54 Å². The second-order valence-corrected chi connectivity index (χ2v) is 5.94. The molecule has 0 aromatic rings. The largest absolute Gasteiger partial charge is 0.394 e. The highest BCUT2D eigenvalue weighted by molar-refractivity contribution is 4.80. The number of likely N-dealkylation sites (tertiary alicyclic amines) is 1. The maximum Gasteiger partial charge on any atom is 0.0608 e. The van der Waals surface area contributed by atoms with Crippen molar-refractivity contribution >= 4 is 0 Å². The number of hydrogen-bond donors (Lipinski definition) is 2. The van der Waals surface area contributed by atoms with Crippen LogP contribution in [0.15, 0.2) is 0 Å². The average molecular weight is 228 g/mol. The van der Waals surface area contributed by atoms with Crippen LogP contribution in [0.4, 0.5) is 0 Å². The maximum atomic E-state index is 9.09. The number of nitrogens with zero attached hydrogens (tertiary/aromatic N) is 1. The van der Waals surface area contributed by atoms with Gasteiger partial charge >= 0.3 is 0 Å². The fraction of sp³-hybridized carbons (Fsp3) is 1.00. The Morgan fingerprint density at radius 2 is 2.06 bits per heavy atom. The second-order valence-electron chi connectivity index (χ2n) is 5.94. The number of aliphatic hydroxyl groups is 1. The Kier molecular flexibility index (Phi) is 5.22. The summed E-state index contributed by atoms with van der Waals surface area (Å²) in [7, 11) is 0. The molecule has 1 saturated heterocycles. The molecule has 1 aliphatic heterocycles. The minimum absolute atomic E-state index is 0.0823. The Balaban J connectivity index is 2.26. The molecule has 0 radical (unpaired) electrons. The van der Waals surface area contributed by atoms with Gasteiger partial charge in [-0.2, -0.15) is 0 Å². The van der Waals surface area contributed by atoms with E-state index in [1.54, 1.807) is 0 Å². The van der Waals surface area contributed by atoms with Gasteiger partial charge in [0.1, 0.15) is 0 Å². The normalized spacial score (nSPS) is 31.3. The summed E-state index contributed by atoms with van der Waals surface area (Å²) in [4.78, 5) is 2.57. The molecule has 1 heterocycles. The summed E-state index contributed by atoms with van der Waals surface area (Å²) < 4.78 is 0. The first-order chi connectivity index (χ1) is 7.44. The monoisotopic (exact) mass is 228 g/mol. The van der Waals surface area contributed by atoms with Crippen LogP contribution < -0.4 is 5.73 Å². The smallest absolute Gasteiger partial charge is 0.0608 e. The van der Waals surface area contributed by atoms with Gasteiger partial charge in [0.25, 0.3) is 0 Å². The standard InChI is InChI=1S/C13H28N2O/c1-11-5-6-12(2)15(9-11)8-4-7-13(3,14)10-16/h11-12,16H,4-10,14H2,1-3H3. The molecule has 0 bridgehead atoms. The lowest BCUT2D eigenvalue weighted by molar-refractivity contribution is 0.116. The van der Waals surface area contributed by atoms with E-state index in [4.69, 9.17) is 10.8 Å². The minimum atomic E-state index is -0.398. The molecular formula is C13H28N2O. The lowest BCUT2D eigenvalue weighted by Gasteiger charge is -2.37. The molecule has 3 heteroatoms. The van der Waals surface area contributed by atoms with E-state index in [-0.39, 0.29) is 6.61 Å². The van der Waals surface area contributed by atoms with Gasteiger partial charge in [-0.15, -0.1) is 0 Å². The molecule has 3 unspecified atom stereocenters. The number of rotatable bonds is 5. The van der Waals surface area contributed by atoms with Crippen LogP contribution in [0.2, 0.25) is 0 Å². The summed E-state index contributed by atoms with van der Waals surface area (Å²) in [6.45, 7) is 9.01. The molecule has 1 aliphatic rings. The lowest BCUT2D eigenvalue weighted by atomic mass is 9.93. The molecule has 0 aliphatic carbocycles. The van der Waals surface area contributed by atoms with Crippen LogP contribution in [-0.4, -0.2) is 41.3 Å². The zero-order valence-corrected chi connectivity index (χ0v) is 11.1. The molecule has 3 N–H and O–H groups in total. The molecule has 0 saturated carbocycles. The Hall–Kier alpha value is -0.120. The van der Waals surface area contributed by atoms with E-state index in [0.717, 1.165) is 25.3 Å². The Bertz CT molecular complexity index is 206. The van der Waals surface area contributed by atoms with Crippen LogP contribution in [0, 0.1) is 5.92 Å². The number of nitrogens with two attached hydrogens (primary N) is 1. The van der Waals surface area contributed by atoms with Crippen molar-refractivity contribution in [2.75, 3.05) is 19.7 Å². The van der Waals surface area contributed by atoms with Crippen molar-refractivity contribution < 1.29 is 5.11 Å². The summed E-state index contributed by atoms with van der Waals surface area (Å²) in [5.74, 6) is 0.832. The quantitative estimate of drug-likeness (QED) is 0.751. The van der Waals surface area contributed by atoms with Crippen LogP contribution in [0.5, 0.6) is 0 Å². The van der Waals surface area contributed by atoms with E-state index in [9.17, 15) is 0 Å². The fourth-order valence-electron chi connectivity index (χ4n) is 2.46. The van der Waals surface area contributed by atoms with Gasteiger partial charge in [-0.05, 0) is 52.0 Å². The molecule has 0 amide bonds. The van der Waals surface area contributed by atoms with Crippen LogP contribution in [0.25, 0.3) is 0 Å². The first kappa shape index (κ1) is 13.9. The van der Waals surface area contributed by atoms with Crippen molar-refractivity contribution in [1.82, 2.24) is 4.90 Å². The van der Waals surface area contributed by atoms with Crippen LogP contribution in [0.1, 0.15) is 46.5 Å². The Morgan fingerprint density at radius 1 is 1.38 bits per heavy atom. The maximum absolute atomic E-state index is 9.09. The van der Waals surface area contributed by atoms with Gasteiger partial charge in [-0.1, -0.05) is 6.92 Å². The fourth-order valence-corrected chi connectivity index (χ4v) is 2.46. The summed E-state index contributed by atoms with van der Waals surface area (Å²) >= 11 is 0. The van der Waals surface area contributed by atoms with Crippen molar-refractivity contribution in [3.05, 3.63) is 0 Å². The van der Waals surface area contributed by atoms with E-state index in [2.05, 4.69) is 18.7 Å². The molecule has 0 aromatic carbocycles. The summed E-state index contributed by atoms with van der Waals surface area (Å²) in [5, 5.41) is 9.09. The zero-order chi connectivity index (χ0) is 12.2. The molecule has 16 heavy (non-hydrogen) atoms. The summed E-state index contributed by atoms with van der Waals surface area (Å²) in [6.07, 6.45) is 4.68. The molecule has 0 aromatic heterocycles. The topological polar surface area (TPSA) is 49.5 Å². The zero-order valence-electron chi connectivity index (χ0n) is 11.1. The predicted molar refractivity (Wildman–Crippen MR) is 68.3 cm³/mol. The van der Waals surface area contributed by atoms with E-state index in [0.29, 0.717) is 6.04 Å². The second kappa shape index (κ2) is 5.99. The third-order valence-electron chi connectivity index (χ3n) is 3.80. The first-order valence-electron chi connectivity index (χ1n) is 6.58. The molecule has 1 rings (SSSR count). The molecule has 3 nitrogen and oxygen atoms in total. The average Bonchev–Trinajstić information content (AvgIpc) is 2.23. The van der Waals surface area contributed by atoms with Gasteiger partial charge in [-0.25, -0.2) is 0 Å². The van der Waals surface area contributed by atoms with Gasteiger partial charge in [0.2, 0.25) is 0 Å². The van der Waals surface area contributed by atoms with Crippen molar-refractivity contribution in [1.29, 1.82) is 0 Å². The molecule has 1 fully saturated rings. The molecule has 96 valence electrons. The third kappa shape index (κ3) is 4.40. The van der Waals surface area contributed by atoms with Crippen LogP contribution >= 0.6 is 0 Å². The van der Waals surface area contributed by atoms with Crippen molar-refractivity contribution in [2.45, 2.75) is 58.0 Å². The molecule has 3 atom stereocenters. The lowest BCUT2D eigenvalue weighted by Crippen LogP contribution is -2.44. The van der Waals surface area contributed by atoms with Gasteiger partial charge in [0, 0.05) is 18.1 Å². The molecule has 0 spiro atoms. The number of piperidine rings is 1. The number of aliphatic hydroxyl groups excluding tert-OH is 1. The van der Waals surface area contributed by atoms with Crippen molar-refractivity contribution in [3.8, 4) is 0 Å². The first-order valence-corrected chi connectivity index (χ1v) is 6.58. The van der Waals surface area contributed by atoms with Crippen LogP contribution in [0.3, 0.4) is 0 Å². The van der Waals surface area contributed by atoms with Gasteiger partial charge < -0.3 is 15.7 Å².